The van der Waals surface area contributed by atoms with Crippen molar-refractivity contribution >= 4 is 5.97 Å². The molecule has 0 saturated heterocycles. The van der Waals surface area contributed by atoms with Crippen LogP contribution >= 0.6 is 0 Å². The lowest BCUT2D eigenvalue weighted by atomic mass is 9.81. The molecule has 1 heterocycles. The Hall–Kier alpha value is -1.29. The summed E-state index contributed by atoms with van der Waals surface area (Å²) in [6.07, 6.45) is 6.18. The van der Waals surface area contributed by atoms with Crippen LogP contribution in [0.1, 0.15) is 31.2 Å². The van der Waals surface area contributed by atoms with Gasteiger partial charge in [0.2, 0.25) is 0 Å². The molecule has 15 heavy (non-hydrogen) atoms. The Morgan fingerprint density at radius 3 is 2.60 bits per heavy atom. The van der Waals surface area contributed by atoms with Gasteiger partial charge in [-0.05, 0) is 18.9 Å². The molecule has 1 aromatic heterocycles. The topological polar surface area (TPSA) is 70.7 Å². The van der Waals surface area contributed by atoms with E-state index in [0.717, 1.165) is 25.7 Å². The van der Waals surface area contributed by atoms with E-state index in [1.165, 1.54) is 18.6 Å². The van der Waals surface area contributed by atoms with Crippen LogP contribution < -0.4 is 0 Å². The number of furan rings is 1. The van der Waals surface area contributed by atoms with Crippen LogP contribution in [0.4, 0.5) is 0 Å². The number of hydrogen-bond donors (Lipinski definition) is 2. The maximum Gasteiger partial charge on any atom is 0.340 e. The summed E-state index contributed by atoms with van der Waals surface area (Å²) in [6.45, 7) is 0. The van der Waals surface area contributed by atoms with Gasteiger partial charge in [-0.25, -0.2) is 4.79 Å². The number of carbonyl (C=O) groups is 1. The molecule has 2 N–H and O–H groups in total. The highest BCUT2D eigenvalue weighted by molar-refractivity contribution is 5.79. The Labute approximate surface area is 87.5 Å². The van der Waals surface area contributed by atoms with E-state index in [2.05, 4.69) is 0 Å². The Morgan fingerprint density at radius 1 is 1.47 bits per heavy atom. The molecule has 82 valence electrons. The molecule has 1 aliphatic carbocycles. The second kappa shape index (κ2) is 3.70. The van der Waals surface area contributed by atoms with Crippen LogP contribution in [0.25, 0.3) is 0 Å². The van der Waals surface area contributed by atoms with Gasteiger partial charge in [-0.2, -0.15) is 0 Å². The Morgan fingerprint density at radius 2 is 2.13 bits per heavy atom. The fourth-order valence-corrected chi connectivity index (χ4v) is 2.36. The molecule has 1 unspecified atom stereocenters. The highest BCUT2D eigenvalue weighted by Gasteiger charge is 2.47. The van der Waals surface area contributed by atoms with Crippen molar-refractivity contribution in [2.45, 2.75) is 31.3 Å². The summed E-state index contributed by atoms with van der Waals surface area (Å²) >= 11 is 0. The summed E-state index contributed by atoms with van der Waals surface area (Å²) in [5.74, 6) is -1.39. The zero-order valence-electron chi connectivity index (χ0n) is 8.35. The Bertz CT molecular complexity index is 337. The minimum Gasteiger partial charge on any atom is -0.479 e. The van der Waals surface area contributed by atoms with Crippen LogP contribution in [0.15, 0.2) is 23.0 Å². The number of hydrogen-bond acceptors (Lipinski definition) is 3. The van der Waals surface area contributed by atoms with E-state index in [4.69, 9.17) is 4.42 Å². The molecule has 0 aliphatic heterocycles. The molecular weight excluding hydrogens is 196 g/mol. The first kappa shape index (κ1) is 10.2. The molecule has 0 aromatic carbocycles. The van der Waals surface area contributed by atoms with Gasteiger partial charge in [0.1, 0.15) is 0 Å². The smallest absolute Gasteiger partial charge is 0.340 e. The number of rotatable bonds is 3. The summed E-state index contributed by atoms with van der Waals surface area (Å²) in [4.78, 5) is 11.2. The van der Waals surface area contributed by atoms with Crippen LogP contribution in [-0.2, 0) is 10.4 Å². The zero-order chi connectivity index (χ0) is 10.9. The summed E-state index contributed by atoms with van der Waals surface area (Å²) in [5, 5.41) is 19.5. The maximum absolute atomic E-state index is 11.2. The van der Waals surface area contributed by atoms with E-state index in [1.807, 2.05) is 0 Å². The van der Waals surface area contributed by atoms with Crippen molar-refractivity contribution in [1.29, 1.82) is 0 Å². The largest absolute Gasteiger partial charge is 0.479 e. The predicted octanol–water partition coefficient (Wildman–Crippen LogP) is 1.74. The van der Waals surface area contributed by atoms with Crippen LogP contribution in [-0.4, -0.2) is 16.2 Å². The van der Waals surface area contributed by atoms with Crippen LogP contribution in [0.3, 0.4) is 0 Å². The van der Waals surface area contributed by atoms with Gasteiger partial charge < -0.3 is 14.6 Å². The summed E-state index contributed by atoms with van der Waals surface area (Å²) in [6, 6.07) is 1.52. The van der Waals surface area contributed by atoms with Crippen molar-refractivity contribution in [3.8, 4) is 0 Å². The average molecular weight is 210 g/mol. The predicted molar refractivity (Wildman–Crippen MR) is 52.2 cm³/mol. The lowest BCUT2D eigenvalue weighted by Gasteiger charge is -2.28. The van der Waals surface area contributed by atoms with Crippen molar-refractivity contribution in [1.82, 2.24) is 0 Å². The standard InChI is InChI=1S/C11H14O4/c12-10(13)11(14,8-3-1-2-4-8)9-5-6-15-7-9/h5-8,14H,1-4H2,(H,12,13). The minimum atomic E-state index is -1.77. The molecule has 1 aliphatic rings. The third-order valence-electron chi connectivity index (χ3n) is 3.23. The van der Waals surface area contributed by atoms with Crippen LogP contribution in [0.5, 0.6) is 0 Å². The fourth-order valence-electron chi connectivity index (χ4n) is 2.36. The molecule has 1 aromatic rings. The molecule has 1 fully saturated rings. The van der Waals surface area contributed by atoms with E-state index >= 15 is 0 Å². The average Bonchev–Trinajstić information content (AvgIpc) is 2.89. The van der Waals surface area contributed by atoms with E-state index in [1.54, 1.807) is 0 Å². The van der Waals surface area contributed by atoms with Gasteiger partial charge in [-0.1, -0.05) is 12.8 Å². The third-order valence-corrected chi connectivity index (χ3v) is 3.23. The first-order valence-corrected chi connectivity index (χ1v) is 5.14. The van der Waals surface area contributed by atoms with Crippen molar-refractivity contribution in [3.05, 3.63) is 24.2 Å². The summed E-state index contributed by atoms with van der Waals surface area (Å²) in [7, 11) is 0. The normalized spacial score (nSPS) is 21.4. The molecule has 4 nitrogen and oxygen atoms in total. The zero-order valence-corrected chi connectivity index (χ0v) is 8.35. The van der Waals surface area contributed by atoms with E-state index < -0.39 is 11.6 Å². The SMILES string of the molecule is O=C(O)C(O)(c1ccoc1)C1CCCC1. The second-order valence-corrected chi connectivity index (χ2v) is 4.06. The molecule has 4 heteroatoms. The highest BCUT2D eigenvalue weighted by atomic mass is 16.4. The van der Waals surface area contributed by atoms with E-state index in [-0.39, 0.29) is 5.92 Å². The number of aliphatic carboxylic acids is 1. The lowest BCUT2D eigenvalue weighted by molar-refractivity contribution is -0.166. The Balaban J connectivity index is 2.35. The first-order chi connectivity index (χ1) is 7.15. The number of carboxylic acids is 1. The molecule has 0 bridgehead atoms. The van der Waals surface area contributed by atoms with Crippen LogP contribution in [0.2, 0.25) is 0 Å². The summed E-state index contributed by atoms with van der Waals surface area (Å²) < 4.78 is 4.85. The van der Waals surface area contributed by atoms with Crippen molar-refractivity contribution < 1.29 is 19.4 Å². The highest BCUT2D eigenvalue weighted by Crippen LogP contribution is 2.40. The second-order valence-electron chi connectivity index (χ2n) is 4.06. The van der Waals surface area contributed by atoms with Crippen molar-refractivity contribution in [2.24, 2.45) is 5.92 Å². The minimum absolute atomic E-state index is 0.201. The maximum atomic E-state index is 11.2. The molecule has 0 amide bonds. The van der Waals surface area contributed by atoms with Gasteiger partial charge in [-0.15, -0.1) is 0 Å². The van der Waals surface area contributed by atoms with E-state index in [9.17, 15) is 15.0 Å². The van der Waals surface area contributed by atoms with Crippen molar-refractivity contribution in [3.63, 3.8) is 0 Å². The number of carboxylic acid groups (broad SMARTS) is 1. The van der Waals surface area contributed by atoms with Crippen molar-refractivity contribution in [2.75, 3.05) is 0 Å². The number of aliphatic hydroxyl groups is 1. The van der Waals surface area contributed by atoms with Gasteiger partial charge in [0, 0.05) is 11.5 Å². The van der Waals surface area contributed by atoms with Gasteiger partial charge in [0.15, 0.2) is 5.60 Å². The molecular formula is C11H14O4. The lowest BCUT2D eigenvalue weighted by Crippen LogP contribution is -2.41. The summed E-state index contributed by atoms with van der Waals surface area (Å²) in [5.41, 5.74) is -1.43. The van der Waals surface area contributed by atoms with Gasteiger partial charge in [0.25, 0.3) is 0 Å². The fraction of sp³-hybridized carbons (Fsp3) is 0.545. The first-order valence-electron chi connectivity index (χ1n) is 5.14. The van der Waals surface area contributed by atoms with Gasteiger partial charge in [0.05, 0.1) is 12.5 Å². The quantitative estimate of drug-likeness (QED) is 0.797. The van der Waals surface area contributed by atoms with Crippen LogP contribution in [0, 0.1) is 5.92 Å². The molecule has 0 spiro atoms. The third kappa shape index (κ3) is 1.55. The molecule has 0 radical (unpaired) electrons. The molecule has 1 atom stereocenters. The molecule has 1 saturated carbocycles. The van der Waals surface area contributed by atoms with Gasteiger partial charge >= 0.3 is 5.97 Å². The monoisotopic (exact) mass is 210 g/mol. The van der Waals surface area contributed by atoms with Gasteiger partial charge in [-0.3, -0.25) is 0 Å². The Kier molecular flexibility index (Phi) is 2.52. The molecule has 2 rings (SSSR count). The van der Waals surface area contributed by atoms with E-state index in [0.29, 0.717) is 5.56 Å².